The maximum atomic E-state index is 10.7. The van der Waals surface area contributed by atoms with Gasteiger partial charge >= 0.3 is 0 Å². The number of nitrogens with one attached hydrogen (secondary N) is 1. The summed E-state index contributed by atoms with van der Waals surface area (Å²) < 4.78 is 0. The van der Waals surface area contributed by atoms with Crippen LogP contribution >= 0.6 is 0 Å². The minimum Gasteiger partial charge on any atom is -0.385 e. The predicted octanol–water partition coefficient (Wildman–Crippen LogP) is 6.78. The van der Waals surface area contributed by atoms with Crippen LogP contribution in [0, 0.1) is 16.0 Å². The molecule has 4 heteroatoms. The van der Waals surface area contributed by atoms with Crippen LogP contribution in [0.2, 0.25) is 0 Å². The van der Waals surface area contributed by atoms with Crippen LogP contribution in [-0.4, -0.2) is 11.5 Å². The number of benzene rings is 2. The quantitative estimate of drug-likeness (QED) is 0.206. The first-order valence-corrected chi connectivity index (χ1v) is 9.85. The number of rotatable bonds is 11. The highest BCUT2D eigenvalue weighted by Crippen LogP contribution is 2.20. The van der Waals surface area contributed by atoms with Gasteiger partial charge in [0.2, 0.25) is 0 Å². The lowest BCUT2D eigenvalue weighted by molar-refractivity contribution is -0.384. The van der Waals surface area contributed by atoms with Crippen LogP contribution in [0.25, 0.3) is 12.2 Å². The summed E-state index contributed by atoms with van der Waals surface area (Å²) in [6, 6.07) is 14.8. The number of nitrogens with zero attached hydrogens (tertiary/aromatic N) is 1. The van der Waals surface area contributed by atoms with Crippen molar-refractivity contribution in [3.8, 4) is 0 Å². The van der Waals surface area contributed by atoms with E-state index in [0.717, 1.165) is 29.3 Å². The van der Waals surface area contributed by atoms with Crippen LogP contribution in [0.1, 0.15) is 57.1 Å². The van der Waals surface area contributed by atoms with Crippen molar-refractivity contribution in [2.45, 2.75) is 46.0 Å². The standard InChI is InChI=1S/C23H30N2O2/c1-3-4-8-19(2)9-7-18-24-23-11-6-5-10-21(23)15-12-20-13-16-22(17-14-20)25(26)27/h5-6,10-17,19,24H,3-4,7-9,18H2,1-2H3. The van der Waals surface area contributed by atoms with Crippen LogP contribution in [0.15, 0.2) is 48.5 Å². The molecule has 0 aliphatic rings. The molecule has 0 heterocycles. The zero-order valence-electron chi connectivity index (χ0n) is 16.4. The number of hydrogen-bond donors (Lipinski definition) is 1. The third kappa shape index (κ3) is 7.26. The zero-order valence-corrected chi connectivity index (χ0v) is 16.4. The second kappa shape index (κ2) is 11.2. The summed E-state index contributed by atoms with van der Waals surface area (Å²) in [6.45, 7) is 5.56. The van der Waals surface area contributed by atoms with Crippen molar-refractivity contribution in [3.63, 3.8) is 0 Å². The Bertz CT molecular complexity index is 738. The van der Waals surface area contributed by atoms with Crippen molar-refractivity contribution in [2.24, 2.45) is 5.92 Å². The molecule has 0 spiro atoms. The van der Waals surface area contributed by atoms with Gasteiger partial charge in [0.15, 0.2) is 0 Å². The fourth-order valence-electron chi connectivity index (χ4n) is 3.07. The van der Waals surface area contributed by atoms with Crippen molar-refractivity contribution in [2.75, 3.05) is 11.9 Å². The lowest BCUT2D eigenvalue weighted by Crippen LogP contribution is -2.05. The molecule has 1 N–H and O–H groups in total. The summed E-state index contributed by atoms with van der Waals surface area (Å²) in [5.74, 6) is 0.795. The highest BCUT2D eigenvalue weighted by molar-refractivity contribution is 5.76. The molecule has 0 amide bonds. The van der Waals surface area contributed by atoms with E-state index in [2.05, 4.69) is 31.3 Å². The summed E-state index contributed by atoms with van der Waals surface area (Å²) in [6.07, 6.45) is 10.4. The van der Waals surface area contributed by atoms with Gasteiger partial charge in [-0.2, -0.15) is 0 Å². The van der Waals surface area contributed by atoms with Gasteiger partial charge in [0.05, 0.1) is 4.92 Å². The van der Waals surface area contributed by atoms with Crippen molar-refractivity contribution in [1.82, 2.24) is 0 Å². The first kappa shape index (κ1) is 20.7. The van der Waals surface area contributed by atoms with E-state index in [0.29, 0.717) is 0 Å². The van der Waals surface area contributed by atoms with Crippen molar-refractivity contribution >= 4 is 23.5 Å². The maximum absolute atomic E-state index is 10.7. The Balaban J connectivity index is 1.90. The van der Waals surface area contributed by atoms with Gasteiger partial charge in [-0.15, -0.1) is 0 Å². The van der Waals surface area contributed by atoms with Crippen LogP contribution < -0.4 is 5.32 Å². The van der Waals surface area contributed by atoms with Gasteiger partial charge in [-0.05, 0) is 48.1 Å². The van der Waals surface area contributed by atoms with Crippen LogP contribution in [-0.2, 0) is 0 Å². The topological polar surface area (TPSA) is 55.2 Å². The highest BCUT2D eigenvalue weighted by Gasteiger charge is 2.04. The number of nitro benzene ring substituents is 1. The van der Waals surface area contributed by atoms with E-state index in [1.54, 1.807) is 12.1 Å². The fourth-order valence-corrected chi connectivity index (χ4v) is 3.07. The van der Waals surface area contributed by atoms with Crippen molar-refractivity contribution in [3.05, 3.63) is 69.8 Å². The summed E-state index contributed by atoms with van der Waals surface area (Å²) >= 11 is 0. The van der Waals surface area contributed by atoms with Crippen LogP contribution in [0.5, 0.6) is 0 Å². The van der Waals surface area contributed by atoms with E-state index in [9.17, 15) is 10.1 Å². The lowest BCUT2D eigenvalue weighted by atomic mass is 9.99. The Hall–Kier alpha value is -2.62. The predicted molar refractivity (Wildman–Crippen MR) is 115 cm³/mol. The van der Waals surface area contributed by atoms with Gasteiger partial charge in [0.1, 0.15) is 0 Å². The van der Waals surface area contributed by atoms with Crippen molar-refractivity contribution < 1.29 is 4.92 Å². The third-order valence-electron chi connectivity index (χ3n) is 4.76. The Kier molecular flexibility index (Phi) is 8.56. The number of para-hydroxylation sites is 1. The average molecular weight is 367 g/mol. The highest BCUT2D eigenvalue weighted by atomic mass is 16.6. The summed E-state index contributed by atoms with van der Waals surface area (Å²) in [5, 5.41) is 14.3. The number of hydrogen-bond acceptors (Lipinski definition) is 3. The molecule has 0 bridgehead atoms. The number of nitro groups is 1. The van der Waals surface area contributed by atoms with Gasteiger partial charge in [0, 0.05) is 24.4 Å². The smallest absolute Gasteiger partial charge is 0.269 e. The van der Waals surface area contributed by atoms with Crippen LogP contribution in [0.4, 0.5) is 11.4 Å². The molecule has 1 unspecified atom stereocenters. The van der Waals surface area contributed by atoms with Gasteiger partial charge in [0.25, 0.3) is 5.69 Å². The first-order valence-electron chi connectivity index (χ1n) is 9.85. The largest absolute Gasteiger partial charge is 0.385 e. The van der Waals surface area contributed by atoms with E-state index in [4.69, 9.17) is 0 Å². The number of non-ortho nitro benzene ring substituents is 1. The molecule has 2 rings (SSSR count). The normalized spacial score (nSPS) is 12.2. The molecule has 0 aliphatic carbocycles. The molecule has 2 aromatic rings. The Morgan fingerprint density at radius 1 is 1.04 bits per heavy atom. The Labute approximate surface area is 162 Å². The maximum Gasteiger partial charge on any atom is 0.269 e. The molecule has 1 atom stereocenters. The Morgan fingerprint density at radius 3 is 2.44 bits per heavy atom. The minimum atomic E-state index is -0.379. The molecule has 0 saturated carbocycles. The minimum absolute atomic E-state index is 0.113. The van der Waals surface area contributed by atoms with Gasteiger partial charge in [-0.3, -0.25) is 10.1 Å². The second-order valence-corrected chi connectivity index (χ2v) is 7.09. The van der Waals surface area contributed by atoms with Crippen molar-refractivity contribution in [1.29, 1.82) is 0 Å². The molecular formula is C23H30N2O2. The molecule has 144 valence electrons. The lowest BCUT2D eigenvalue weighted by Gasteiger charge is -2.13. The fraction of sp³-hybridized carbons (Fsp3) is 0.391. The number of anilines is 1. The van der Waals surface area contributed by atoms with E-state index in [1.807, 2.05) is 24.3 Å². The Morgan fingerprint density at radius 2 is 1.74 bits per heavy atom. The zero-order chi connectivity index (χ0) is 19.5. The molecule has 0 aliphatic heterocycles. The van der Waals surface area contributed by atoms with Gasteiger partial charge < -0.3 is 5.32 Å². The second-order valence-electron chi connectivity index (χ2n) is 7.09. The molecule has 4 nitrogen and oxygen atoms in total. The van der Waals surface area contributed by atoms with Gasteiger partial charge in [-0.25, -0.2) is 0 Å². The molecule has 2 aromatic carbocycles. The molecule has 0 fully saturated rings. The van der Waals surface area contributed by atoms with E-state index < -0.39 is 0 Å². The molecule has 0 aromatic heterocycles. The third-order valence-corrected chi connectivity index (χ3v) is 4.76. The SMILES string of the molecule is CCCCC(C)CCCNc1ccccc1C=Cc1ccc([N+](=O)[O-])cc1. The van der Waals surface area contributed by atoms with E-state index >= 15 is 0 Å². The first-order chi connectivity index (χ1) is 13.1. The summed E-state index contributed by atoms with van der Waals surface area (Å²) in [4.78, 5) is 10.4. The van der Waals surface area contributed by atoms with E-state index in [1.165, 1.54) is 44.2 Å². The summed E-state index contributed by atoms with van der Waals surface area (Å²) in [7, 11) is 0. The average Bonchev–Trinajstić information content (AvgIpc) is 2.69. The van der Waals surface area contributed by atoms with Gasteiger partial charge in [-0.1, -0.05) is 63.5 Å². The summed E-state index contributed by atoms with van der Waals surface area (Å²) in [5.41, 5.74) is 3.30. The number of unbranched alkanes of at least 4 members (excludes halogenated alkanes) is 1. The monoisotopic (exact) mass is 366 g/mol. The molecule has 27 heavy (non-hydrogen) atoms. The molecule has 0 saturated heterocycles. The van der Waals surface area contributed by atoms with E-state index in [-0.39, 0.29) is 10.6 Å². The molecule has 0 radical (unpaired) electrons. The molecular weight excluding hydrogens is 336 g/mol. The van der Waals surface area contributed by atoms with Crippen LogP contribution in [0.3, 0.4) is 0 Å².